The van der Waals surface area contributed by atoms with E-state index >= 15 is 0 Å². The van der Waals surface area contributed by atoms with Crippen molar-refractivity contribution in [1.82, 2.24) is 4.31 Å². The van der Waals surface area contributed by atoms with Gasteiger partial charge >= 0.3 is 0 Å². The van der Waals surface area contributed by atoms with Crippen LogP contribution in [0.5, 0.6) is 5.75 Å². The molecule has 0 bridgehead atoms. The van der Waals surface area contributed by atoms with E-state index in [1.807, 2.05) is 30.3 Å². The fourth-order valence-corrected chi connectivity index (χ4v) is 5.75. The maximum absolute atomic E-state index is 13.4. The van der Waals surface area contributed by atoms with E-state index in [0.29, 0.717) is 23.6 Å². The Bertz CT molecular complexity index is 1280. The highest BCUT2D eigenvalue weighted by Gasteiger charge is 2.49. The molecule has 0 radical (unpaired) electrons. The Labute approximate surface area is 194 Å². The van der Waals surface area contributed by atoms with Crippen LogP contribution in [0.25, 0.3) is 4.91 Å². The number of carbonyl (C=O) groups excluding carboxylic acids is 1. The Kier molecular flexibility index (Phi) is 5.99. The predicted octanol–water partition coefficient (Wildman–Crippen LogP) is 5.02. The first-order chi connectivity index (χ1) is 15.7. The summed E-state index contributed by atoms with van der Waals surface area (Å²) in [6.07, 6.45) is 0. The number of amides is 1. The monoisotopic (exact) mass is 462 g/mol. The van der Waals surface area contributed by atoms with Gasteiger partial charge in [-0.3, -0.25) is 4.79 Å². The van der Waals surface area contributed by atoms with Crippen molar-refractivity contribution in [2.75, 3.05) is 5.32 Å². The molecule has 6 nitrogen and oxygen atoms in total. The lowest BCUT2D eigenvalue weighted by atomic mass is 10.1. The molecule has 1 heterocycles. The smallest absolute Gasteiger partial charge is 0.285 e. The van der Waals surface area contributed by atoms with Gasteiger partial charge in [-0.1, -0.05) is 60.7 Å². The van der Waals surface area contributed by atoms with Crippen LogP contribution in [0.4, 0.5) is 5.69 Å². The minimum atomic E-state index is -4.03. The molecule has 0 saturated carbocycles. The number of ether oxygens (including phenoxy) is 1. The summed E-state index contributed by atoms with van der Waals surface area (Å²) in [6, 6.07) is 25.6. The largest absolute Gasteiger partial charge is 0.489 e. The van der Waals surface area contributed by atoms with Gasteiger partial charge in [-0.25, -0.2) is 12.7 Å². The number of benzene rings is 3. The van der Waals surface area contributed by atoms with Crippen molar-refractivity contribution >= 4 is 26.5 Å². The van der Waals surface area contributed by atoms with Gasteiger partial charge in [0.1, 0.15) is 23.0 Å². The van der Waals surface area contributed by atoms with Crippen molar-refractivity contribution in [2.24, 2.45) is 0 Å². The summed E-state index contributed by atoms with van der Waals surface area (Å²) in [5.41, 5.74) is 1.23. The van der Waals surface area contributed by atoms with Gasteiger partial charge in [-0.2, -0.15) is 0 Å². The number of anilines is 1. The van der Waals surface area contributed by atoms with Gasteiger partial charge in [0.25, 0.3) is 15.9 Å². The average Bonchev–Trinajstić information content (AvgIpc) is 2.99. The second-order valence-electron chi connectivity index (χ2n) is 8.74. The van der Waals surface area contributed by atoms with E-state index in [-0.39, 0.29) is 10.6 Å². The van der Waals surface area contributed by atoms with E-state index in [1.54, 1.807) is 75.4 Å². The number of sulfonamides is 1. The number of hydrogen-bond acceptors (Lipinski definition) is 5. The van der Waals surface area contributed by atoms with Gasteiger partial charge in [0.15, 0.2) is 0 Å². The molecule has 170 valence electrons. The summed E-state index contributed by atoms with van der Waals surface area (Å²) >= 11 is 0. The molecule has 1 N–H and O–H groups in total. The molecule has 1 aliphatic heterocycles. The van der Waals surface area contributed by atoms with Crippen molar-refractivity contribution in [2.45, 2.75) is 32.9 Å². The molecule has 33 heavy (non-hydrogen) atoms. The molecule has 1 amide bonds. The Morgan fingerprint density at radius 2 is 1.42 bits per heavy atom. The average molecular weight is 463 g/mol. The number of nitrogens with zero attached hydrogens (tertiary/aromatic N) is 1. The van der Waals surface area contributed by atoms with E-state index in [4.69, 9.17) is 4.74 Å². The van der Waals surface area contributed by atoms with Gasteiger partial charge in [0.05, 0.1) is 5.54 Å². The van der Waals surface area contributed by atoms with Crippen LogP contribution in [0.3, 0.4) is 0 Å². The summed E-state index contributed by atoms with van der Waals surface area (Å²) in [7, 11) is -4.03. The van der Waals surface area contributed by atoms with E-state index in [2.05, 4.69) is 5.32 Å². The van der Waals surface area contributed by atoms with Gasteiger partial charge in [-0.05, 0) is 56.2 Å². The molecule has 0 spiro atoms. The summed E-state index contributed by atoms with van der Waals surface area (Å²) in [4.78, 5) is 13.3. The molecule has 0 aliphatic carbocycles. The van der Waals surface area contributed by atoms with E-state index < -0.39 is 21.5 Å². The maximum Gasteiger partial charge on any atom is 0.285 e. The number of nitrogens with one attached hydrogen (secondary N) is 1. The lowest BCUT2D eigenvalue weighted by Gasteiger charge is -2.30. The molecule has 4 rings (SSSR count). The first-order valence-electron chi connectivity index (χ1n) is 10.6. The topological polar surface area (TPSA) is 75.7 Å². The van der Waals surface area contributed by atoms with Crippen molar-refractivity contribution in [3.05, 3.63) is 102 Å². The number of rotatable bonds is 6. The van der Waals surface area contributed by atoms with Crippen LogP contribution in [0, 0.1) is 0 Å². The highest BCUT2D eigenvalue weighted by molar-refractivity contribution is 7.99. The second-order valence-corrected chi connectivity index (χ2v) is 10.5. The van der Waals surface area contributed by atoms with Crippen LogP contribution in [-0.4, -0.2) is 24.2 Å². The Balaban J connectivity index is 1.63. The SMILES string of the molecule is CC(C)(C)N1C(=O)C(Nc2ccc(OCc3ccccc3)cc2)=C(c2ccccc2)S1(=O)=O. The predicted molar refractivity (Wildman–Crippen MR) is 130 cm³/mol. The second kappa shape index (κ2) is 8.75. The van der Waals surface area contributed by atoms with Crippen LogP contribution in [0.1, 0.15) is 31.9 Å². The van der Waals surface area contributed by atoms with E-state index in [9.17, 15) is 13.2 Å². The molecule has 7 heteroatoms. The Morgan fingerprint density at radius 1 is 0.848 bits per heavy atom. The maximum atomic E-state index is 13.4. The first-order valence-corrected chi connectivity index (χ1v) is 12.1. The van der Waals surface area contributed by atoms with Crippen LogP contribution in [0.2, 0.25) is 0 Å². The highest BCUT2D eigenvalue weighted by atomic mass is 32.2. The zero-order chi connectivity index (χ0) is 23.6. The molecule has 0 aromatic heterocycles. The normalized spacial score (nSPS) is 15.6. The number of carbonyl (C=O) groups is 1. The van der Waals surface area contributed by atoms with Crippen LogP contribution in [-0.2, 0) is 21.4 Å². The first kappa shape index (κ1) is 22.6. The molecule has 3 aromatic carbocycles. The molecule has 0 fully saturated rings. The van der Waals surface area contributed by atoms with Crippen LogP contribution in [0.15, 0.2) is 90.6 Å². The van der Waals surface area contributed by atoms with Gasteiger partial charge in [0.2, 0.25) is 0 Å². The molecular weight excluding hydrogens is 436 g/mol. The molecule has 1 aliphatic rings. The molecule has 0 unspecified atom stereocenters. The minimum Gasteiger partial charge on any atom is -0.489 e. The zero-order valence-electron chi connectivity index (χ0n) is 18.8. The van der Waals surface area contributed by atoms with Gasteiger partial charge in [0, 0.05) is 5.69 Å². The third-order valence-electron chi connectivity index (χ3n) is 5.14. The third kappa shape index (κ3) is 4.64. The van der Waals surface area contributed by atoms with Crippen molar-refractivity contribution in [1.29, 1.82) is 0 Å². The lowest BCUT2D eigenvalue weighted by Crippen LogP contribution is -2.46. The minimum absolute atomic E-state index is 0.0209. The van der Waals surface area contributed by atoms with Gasteiger partial charge in [-0.15, -0.1) is 0 Å². The zero-order valence-corrected chi connectivity index (χ0v) is 19.6. The third-order valence-corrected chi connectivity index (χ3v) is 7.29. The summed E-state index contributed by atoms with van der Waals surface area (Å²) in [5.74, 6) is 0.0918. The fourth-order valence-electron chi connectivity index (χ4n) is 3.71. The number of hydrogen-bond donors (Lipinski definition) is 1. The van der Waals surface area contributed by atoms with Crippen molar-refractivity contribution < 1.29 is 17.9 Å². The molecule has 0 saturated heterocycles. The van der Waals surface area contributed by atoms with Crippen molar-refractivity contribution in [3.8, 4) is 5.75 Å². The molecule has 3 aromatic rings. The van der Waals surface area contributed by atoms with Gasteiger partial charge < -0.3 is 10.1 Å². The van der Waals surface area contributed by atoms with Crippen LogP contribution < -0.4 is 10.1 Å². The van der Waals surface area contributed by atoms with E-state index in [1.165, 1.54) is 0 Å². The van der Waals surface area contributed by atoms with Crippen molar-refractivity contribution in [3.63, 3.8) is 0 Å². The Hall–Kier alpha value is -3.58. The van der Waals surface area contributed by atoms with Crippen LogP contribution >= 0.6 is 0 Å². The summed E-state index contributed by atoms with van der Waals surface area (Å²) in [6.45, 7) is 5.54. The molecule has 0 atom stereocenters. The summed E-state index contributed by atoms with van der Waals surface area (Å²) < 4.78 is 33.6. The lowest BCUT2D eigenvalue weighted by molar-refractivity contribution is -0.124. The fraction of sp³-hybridized carbons (Fsp3) is 0.192. The Morgan fingerprint density at radius 3 is 2.00 bits per heavy atom. The summed E-state index contributed by atoms with van der Waals surface area (Å²) in [5, 5.41) is 3.05. The molecular formula is C26H26N2O4S. The van der Waals surface area contributed by atoms with E-state index in [0.717, 1.165) is 9.87 Å². The standard InChI is InChI=1S/C26H26N2O4S/c1-26(2,3)28-25(29)23(24(33(28,30)31)20-12-8-5-9-13-20)27-21-14-16-22(17-15-21)32-18-19-10-6-4-7-11-19/h4-17,27H,18H2,1-3H3. The quantitative estimate of drug-likeness (QED) is 0.557. The highest BCUT2D eigenvalue weighted by Crippen LogP contribution is 2.40.